The molecule has 3 fully saturated rings. The van der Waals surface area contributed by atoms with E-state index in [9.17, 15) is 14.4 Å². The van der Waals surface area contributed by atoms with Crippen molar-refractivity contribution >= 4 is 66.0 Å². The zero-order chi connectivity index (χ0) is 33.4. The molecular weight excluding hydrogens is 740 g/mol. The molecule has 0 unspecified atom stereocenters. The van der Waals surface area contributed by atoms with Crippen molar-refractivity contribution in [1.82, 2.24) is 29.2 Å². The summed E-state index contributed by atoms with van der Waals surface area (Å²) in [5.74, 6) is 0. The highest BCUT2D eigenvalue weighted by molar-refractivity contribution is 9.13. The predicted molar refractivity (Wildman–Crippen MR) is 194 cm³/mol. The maximum atomic E-state index is 14.1. The Morgan fingerprint density at radius 2 is 1.69 bits per heavy atom. The lowest BCUT2D eigenvalue weighted by Gasteiger charge is -2.56. The number of aromatic amines is 1. The van der Waals surface area contributed by atoms with Crippen LogP contribution in [0.2, 0.25) is 0 Å². The number of piperidine rings is 2. The Morgan fingerprint density at radius 1 is 0.938 bits per heavy atom. The van der Waals surface area contributed by atoms with E-state index in [4.69, 9.17) is 4.74 Å². The van der Waals surface area contributed by atoms with E-state index in [0.29, 0.717) is 25.4 Å². The number of halogens is 2. The number of rotatable bonds is 7. The van der Waals surface area contributed by atoms with Crippen LogP contribution in [0.4, 0.5) is 4.79 Å². The highest BCUT2D eigenvalue weighted by Gasteiger charge is 2.51. The fraction of sp³-hybridized carbons (Fsp3) is 0.472. The molecule has 0 radical (unpaired) electrons. The van der Waals surface area contributed by atoms with Crippen LogP contribution >= 0.6 is 31.9 Å². The molecule has 48 heavy (non-hydrogen) atoms. The number of H-pyrrole nitrogens is 1. The van der Waals surface area contributed by atoms with Crippen LogP contribution in [0.5, 0.6) is 0 Å². The average Bonchev–Trinajstić information content (AvgIpc) is 3.45. The van der Waals surface area contributed by atoms with Gasteiger partial charge in [-0.3, -0.25) is 19.3 Å². The molecule has 4 heterocycles. The summed E-state index contributed by atoms with van der Waals surface area (Å²) in [6.45, 7) is 5.87. The van der Waals surface area contributed by atoms with Gasteiger partial charge < -0.3 is 19.4 Å². The molecule has 0 aliphatic carbocycles. The maximum Gasteiger partial charge on any atom is 0.411 e. The molecule has 4 aromatic rings. The number of ether oxygens (including phenoxy) is 1. The lowest BCUT2D eigenvalue weighted by molar-refractivity contribution is -0.129. The third kappa shape index (κ3) is 6.37. The zero-order valence-corrected chi connectivity index (χ0v) is 30.4. The number of carbonyl (C=O) groups excluding carboxylic acids is 2. The number of piperazine rings is 1. The number of nitrogens with one attached hydrogen (secondary N) is 1. The number of carbonyl (C=O) groups is 2. The molecule has 1 amide bonds. The minimum atomic E-state index is -0.930. The van der Waals surface area contributed by atoms with E-state index >= 15 is 0 Å². The molecule has 1 N–H and O–H groups in total. The summed E-state index contributed by atoms with van der Waals surface area (Å²) in [5.41, 5.74) is 1.41. The first-order chi connectivity index (χ1) is 23.3. The van der Waals surface area contributed by atoms with Gasteiger partial charge >= 0.3 is 11.8 Å². The molecule has 3 aliphatic heterocycles. The number of benzene rings is 3. The van der Waals surface area contributed by atoms with Crippen LogP contribution in [0, 0.1) is 0 Å². The first-order valence-electron chi connectivity index (χ1n) is 16.9. The monoisotopic (exact) mass is 780 g/mol. The van der Waals surface area contributed by atoms with Crippen LogP contribution < -0.4 is 5.69 Å². The summed E-state index contributed by atoms with van der Waals surface area (Å²) in [6, 6.07) is 18.2. The molecule has 3 aliphatic rings. The maximum absolute atomic E-state index is 14.1. The van der Waals surface area contributed by atoms with Crippen LogP contribution in [-0.2, 0) is 16.1 Å². The Morgan fingerprint density at radius 3 is 2.44 bits per heavy atom. The standard InChI is InChI=1S/C36H42Br2N6O4/c1-40-14-10-27(11-15-40)41-17-19-42(20-18-41)36(13-21-45)23-28(12-16-43(36)35(47)48-24-25-6-8-30(37)31(38)22-25)44-32-9-7-26-4-2-3-5-29(26)33(32)39-34(44)46/h2-9,21-22,27-28H,10-20,23-24H2,1H3,(H,39,46)/t28-,36+/m1/s1. The number of imidazole rings is 1. The second-order valence-corrected chi connectivity index (χ2v) is 15.2. The molecule has 7 rings (SSSR count). The Labute approximate surface area is 297 Å². The normalized spacial score (nSPS) is 23.6. The molecule has 254 valence electrons. The predicted octanol–water partition coefficient (Wildman–Crippen LogP) is 5.98. The summed E-state index contributed by atoms with van der Waals surface area (Å²) in [4.78, 5) is 52.6. The highest BCUT2D eigenvalue weighted by Crippen LogP contribution is 2.42. The van der Waals surface area contributed by atoms with Crippen molar-refractivity contribution in [3.8, 4) is 0 Å². The topological polar surface area (TPSA) is 94.1 Å². The summed E-state index contributed by atoms with van der Waals surface area (Å²) in [6.07, 6.45) is 3.94. The number of hydrogen-bond acceptors (Lipinski definition) is 7. The zero-order valence-electron chi connectivity index (χ0n) is 27.2. The van der Waals surface area contributed by atoms with Crippen molar-refractivity contribution in [1.29, 1.82) is 0 Å². The van der Waals surface area contributed by atoms with Crippen LogP contribution in [0.1, 0.15) is 43.7 Å². The number of aromatic nitrogens is 2. The second kappa shape index (κ2) is 14.1. The SMILES string of the molecule is CN1CCC(N2CCN([C@]3(CC=O)C[C@H](n4c(=O)[nH]c5c6ccccc6ccc54)CCN3C(=O)OCc3ccc(Br)c(Br)c3)CC2)CC1. The highest BCUT2D eigenvalue weighted by atomic mass is 79.9. The first-order valence-corrected chi connectivity index (χ1v) is 18.5. The minimum Gasteiger partial charge on any atom is -0.445 e. The fourth-order valence-corrected chi connectivity index (χ4v) is 8.93. The van der Waals surface area contributed by atoms with Crippen LogP contribution in [0.3, 0.4) is 0 Å². The quantitative estimate of drug-likeness (QED) is 0.231. The largest absolute Gasteiger partial charge is 0.445 e. The molecule has 3 saturated heterocycles. The third-order valence-corrected chi connectivity index (χ3v) is 12.7. The number of nitrogens with zero attached hydrogens (tertiary/aromatic N) is 5. The van der Waals surface area contributed by atoms with Gasteiger partial charge in [-0.15, -0.1) is 0 Å². The van der Waals surface area contributed by atoms with Crippen molar-refractivity contribution in [3.05, 3.63) is 79.6 Å². The van der Waals surface area contributed by atoms with Gasteiger partial charge in [0.1, 0.15) is 18.6 Å². The van der Waals surface area contributed by atoms with Gasteiger partial charge in [0.25, 0.3) is 0 Å². The van der Waals surface area contributed by atoms with E-state index in [-0.39, 0.29) is 24.8 Å². The molecule has 3 aromatic carbocycles. The number of likely N-dealkylation sites (tertiary alicyclic amines) is 2. The molecule has 10 nitrogen and oxygen atoms in total. The Hall–Kier alpha value is -3.03. The van der Waals surface area contributed by atoms with E-state index < -0.39 is 11.8 Å². The van der Waals surface area contributed by atoms with Crippen molar-refractivity contribution < 1.29 is 14.3 Å². The first kappa shape index (κ1) is 33.5. The van der Waals surface area contributed by atoms with E-state index in [1.165, 1.54) is 0 Å². The molecule has 12 heteroatoms. The van der Waals surface area contributed by atoms with Gasteiger partial charge in [-0.25, -0.2) is 9.59 Å². The van der Waals surface area contributed by atoms with Gasteiger partial charge in [0.2, 0.25) is 0 Å². The van der Waals surface area contributed by atoms with Crippen molar-refractivity contribution in [3.63, 3.8) is 0 Å². The Bertz CT molecular complexity index is 1860. The number of hydrogen-bond donors (Lipinski definition) is 1. The summed E-state index contributed by atoms with van der Waals surface area (Å²) >= 11 is 7.04. The number of fused-ring (bicyclic) bond motifs is 3. The van der Waals surface area contributed by atoms with Gasteiger partial charge in [-0.2, -0.15) is 0 Å². The minimum absolute atomic E-state index is 0.112. The van der Waals surface area contributed by atoms with E-state index in [1.54, 1.807) is 4.90 Å². The van der Waals surface area contributed by atoms with Gasteiger partial charge in [0.05, 0.1) is 11.0 Å². The van der Waals surface area contributed by atoms with Gasteiger partial charge in [-0.1, -0.05) is 36.4 Å². The number of amides is 1. The van der Waals surface area contributed by atoms with Gasteiger partial charge in [-0.05, 0) is 100 Å². The fourth-order valence-electron chi connectivity index (χ4n) is 8.26. The van der Waals surface area contributed by atoms with Crippen molar-refractivity contribution in [2.75, 3.05) is 52.9 Å². The number of aldehydes is 1. The van der Waals surface area contributed by atoms with E-state index in [1.807, 2.05) is 53.1 Å². The summed E-state index contributed by atoms with van der Waals surface area (Å²) < 4.78 is 9.63. The van der Waals surface area contributed by atoms with Crippen LogP contribution in [0.15, 0.2) is 68.3 Å². The summed E-state index contributed by atoms with van der Waals surface area (Å²) in [7, 11) is 2.18. The third-order valence-electron chi connectivity index (χ3n) is 10.8. The van der Waals surface area contributed by atoms with Crippen LogP contribution in [-0.4, -0.2) is 106 Å². The molecule has 2 atom stereocenters. The average molecular weight is 783 g/mol. The Balaban J connectivity index is 1.20. The van der Waals surface area contributed by atoms with E-state index in [0.717, 1.165) is 94.7 Å². The molecule has 1 aromatic heterocycles. The van der Waals surface area contributed by atoms with Crippen molar-refractivity contribution in [2.24, 2.45) is 0 Å². The van der Waals surface area contributed by atoms with Gasteiger partial charge in [0.15, 0.2) is 0 Å². The van der Waals surface area contributed by atoms with Crippen LogP contribution in [0.25, 0.3) is 21.8 Å². The molecule has 0 saturated carbocycles. The molecule has 0 spiro atoms. The van der Waals surface area contributed by atoms with Crippen molar-refractivity contribution in [2.45, 2.75) is 56.5 Å². The second-order valence-electron chi connectivity index (χ2n) is 13.5. The smallest absolute Gasteiger partial charge is 0.411 e. The lowest BCUT2D eigenvalue weighted by atomic mass is 9.86. The Kier molecular flexibility index (Phi) is 9.81. The summed E-state index contributed by atoms with van der Waals surface area (Å²) in [5, 5.41) is 2.06. The van der Waals surface area contributed by atoms with E-state index in [2.05, 4.69) is 64.7 Å². The molecule has 0 bridgehead atoms. The van der Waals surface area contributed by atoms with Gasteiger partial charge in [0, 0.05) is 72.0 Å². The lowest BCUT2D eigenvalue weighted by Crippen LogP contribution is -2.69. The molecular formula is C36H42Br2N6O4.